The second kappa shape index (κ2) is 15.1. The summed E-state index contributed by atoms with van der Waals surface area (Å²) in [7, 11) is 0. The Kier molecular flexibility index (Phi) is 8.79. The van der Waals surface area contributed by atoms with E-state index in [9.17, 15) is 0 Å². The maximum Gasteiger partial charge on any atom is 0.163 e. The maximum absolute atomic E-state index is 5.29. The highest BCUT2D eigenvalue weighted by atomic mass is 15.0. The molecule has 302 valence electrons. The van der Waals surface area contributed by atoms with Gasteiger partial charge in [0, 0.05) is 54.9 Å². The van der Waals surface area contributed by atoms with Gasteiger partial charge in [0.15, 0.2) is 11.6 Å². The monoisotopic (exact) mass is 821 g/mol. The lowest BCUT2D eigenvalue weighted by Gasteiger charge is -2.19. The van der Waals surface area contributed by atoms with Gasteiger partial charge in [0.25, 0.3) is 0 Å². The molecule has 0 saturated heterocycles. The van der Waals surface area contributed by atoms with Crippen LogP contribution < -0.4 is 0 Å². The summed E-state index contributed by atoms with van der Waals surface area (Å²) in [5.41, 5.74) is 14.3. The van der Waals surface area contributed by atoms with Gasteiger partial charge in [0.2, 0.25) is 0 Å². The second-order valence-corrected chi connectivity index (χ2v) is 16.2. The van der Waals surface area contributed by atoms with Crippen LogP contribution in [0.15, 0.2) is 200 Å². The van der Waals surface area contributed by atoms with Crippen molar-refractivity contribution < 1.29 is 0 Å². The normalized spacial score (nSPS) is 11.6. The van der Waals surface area contributed by atoms with Crippen LogP contribution >= 0.6 is 0 Å². The molecule has 0 aliphatic carbocycles. The molecule has 0 N–H and O–H groups in total. The summed E-state index contributed by atoms with van der Waals surface area (Å²) < 4.78 is 4.81. The fraction of sp³-hybridized carbons (Fsp3) is 0.0351. The Morgan fingerprint density at radius 1 is 0.297 bits per heavy atom. The third-order valence-electron chi connectivity index (χ3n) is 12.2. The highest BCUT2D eigenvalue weighted by Crippen LogP contribution is 2.43. The van der Waals surface area contributed by atoms with Crippen molar-refractivity contribution in [2.75, 3.05) is 0 Å². The first-order valence-electron chi connectivity index (χ1n) is 21.5. The molecule has 0 unspecified atom stereocenters. The molecule has 0 atom stereocenters. The molecule has 0 aliphatic heterocycles. The Balaban J connectivity index is 1.15. The van der Waals surface area contributed by atoms with Gasteiger partial charge in [-0.15, -0.1) is 0 Å². The summed E-state index contributed by atoms with van der Waals surface area (Å²) in [6.07, 6.45) is 0. The number of fused-ring (bicyclic) bond motifs is 6. The lowest BCUT2D eigenvalue weighted by atomic mass is 9.98. The molecule has 64 heavy (non-hydrogen) atoms. The van der Waals surface area contributed by atoms with E-state index in [4.69, 9.17) is 19.9 Å². The van der Waals surface area contributed by atoms with Gasteiger partial charge in [-0.1, -0.05) is 146 Å². The van der Waals surface area contributed by atoms with Gasteiger partial charge in [-0.2, -0.15) is 0 Å². The van der Waals surface area contributed by atoms with Crippen LogP contribution in [0.4, 0.5) is 0 Å². The number of hydrogen-bond donors (Lipinski definition) is 0. The highest BCUT2D eigenvalue weighted by Gasteiger charge is 2.22. The lowest BCUT2D eigenvalue weighted by molar-refractivity contribution is 0.929. The van der Waals surface area contributed by atoms with Crippen molar-refractivity contribution in [3.63, 3.8) is 0 Å². The van der Waals surface area contributed by atoms with Crippen LogP contribution in [0.25, 0.3) is 111 Å². The average Bonchev–Trinajstić information content (AvgIpc) is 3.86. The fourth-order valence-electron chi connectivity index (χ4n) is 9.37. The Bertz CT molecular complexity index is 3620. The maximum atomic E-state index is 5.29. The molecule has 12 aromatic rings. The second-order valence-electron chi connectivity index (χ2n) is 16.2. The first-order chi connectivity index (χ1) is 31.6. The molecule has 0 fully saturated rings. The van der Waals surface area contributed by atoms with E-state index in [0.717, 1.165) is 89.0 Å². The molecular formula is C57H39N7. The van der Waals surface area contributed by atoms with Crippen molar-refractivity contribution in [3.05, 3.63) is 212 Å². The van der Waals surface area contributed by atoms with E-state index in [1.54, 1.807) is 0 Å². The van der Waals surface area contributed by atoms with Crippen molar-refractivity contribution in [2.45, 2.75) is 13.8 Å². The summed E-state index contributed by atoms with van der Waals surface area (Å²) in [4.78, 5) is 24.5. The molecule has 7 heteroatoms. The summed E-state index contributed by atoms with van der Waals surface area (Å²) >= 11 is 0. The van der Waals surface area contributed by atoms with E-state index >= 15 is 0 Å². The van der Waals surface area contributed by atoms with Gasteiger partial charge in [0.1, 0.15) is 11.6 Å². The third-order valence-corrected chi connectivity index (χ3v) is 12.2. The third kappa shape index (κ3) is 6.24. The first kappa shape index (κ1) is 37.2. The molecule has 8 aromatic carbocycles. The summed E-state index contributed by atoms with van der Waals surface area (Å²) in [6.45, 7) is 3.83. The largest absolute Gasteiger partial charge is 0.309 e. The molecule has 0 aliphatic rings. The van der Waals surface area contributed by atoms with Crippen LogP contribution in [0.3, 0.4) is 0 Å². The van der Waals surface area contributed by atoms with Gasteiger partial charge < -0.3 is 9.13 Å². The summed E-state index contributed by atoms with van der Waals surface area (Å²) in [5.74, 6) is 2.70. The van der Waals surface area contributed by atoms with Crippen LogP contribution in [0.1, 0.15) is 11.6 Å². The zero-order chi connectivity index (χ0) is 42.7. The van der Waals surface area contributed by atoms with E-state index in [0.29, 0.717) is 23.3 Å². The molecule has 0 saturated carbocycles. The molecule has 0 bridgehead atoms. The van der Waals surface area contributed by atoms with E-state index in [1.165, 1.54) is 10.8 Å². The Morgan fingerprint density at radius 3 is 1.34 bits per heavy atom. The quantitative estimate of drug-likeness (QED) is 0.160. The number of aryl methyl sites for hydroxylation is 2. The summed E-state index contributed by atoms with van der Waals surface area (Å²) in [5, 5.41) is 4.66. The smallest absolute Gasteiger partial charge is 0.163 e. The van der Waals surface area contributed by atoms with Crippen molar-refractivity contribution >= 4 is 43.6 Å². The van der Waals surface area contributed by atoms with Crippen LogP contribution in [0, 0.1) is 13.8 Å². The molecule has 4 aromatic heterocycles. The average molecular weight is 822 g/mol. The lowest BCUT2D eigenvalue weighted by Crippen LogP contribution is -2.03. The Labute approximate surface area is 369 Å². The van der Waals surface area contributed by atoms with Crippen LogP contribution in [-0.2, 0) is 0 Å². The topological polar surface area (TPSA) is 74.3 Å². The molecule has 0 spiro atoms. The van der Waals surface area contributed by atoms with E-state index in [-0.39, 0.29) is 0 Å². The molecule has 12 rings (SSSR count). The van der Waals surface area contributed by atoms with Crippen molar-refractivity contribution in [2.24, 2.45) is 0 Å². The Hall–Kier alpha value is -8.55. The van der Waals surface area contributed by atoms with E-state index in [1.807, 2.05) is 26.0 Å². The van der Waals surface area contributed by atoms with Crippen LogP contribution in [0.2, 0.25) is 0 Å². The summed E-state index contributed by atoms with van der Waals surface area (Å²) in [6, 6.07) is 70.8. The highest BCUT2D eigenvalue weighted by molar-refractivity contribution is 6.12. The number of benzene rings is 8. The van der Waals surface area contributed by atoms with Gasteiger partial charge in [0.05, 0.1) is 44.8 Å². The minimum Gasteiger partial charge on any atom is -0.309 e. The first-order valence-corrected chi connectivity index (χ1v) is 21.5. The van der Waals surface area contributed by atoms with Crippen LogP contribution in [-0.4, -0.2) is 34.1 Å². The van der Waals surface area contributed by atoms with E-state index < -0.39 is 0 Å². The number of hydrogen-bond acceptors (Lipinski definition) is 5. The number of rotatable bonds is 7. The predicted octanol–water partition coefficient (Wildman–Crippen LogP) is 13.8. The zero-order valence-electron chi connectivity index (χ0n) is 35.2. The van der Waals surface area contributed by atoms with Crippen molar-refractivity contribution in [3.8, 4) is 67.8 Å². The molecule has 0 amide bonds. The standard InChI is InChI=1S/C57H39N7/c1-36-58-37(2)60-56(59-36)40-30-32-54-47(33-40)45-24-12-16-28-53(45)64(54)55-34-41(57-61-48(38-17-5-3-6-18-38)35-49(62-57)39-19-7-4-8-20-39)29-31-46(55)44-23-11-15-27-52(44)63-50-25-13-9-21-42(50)43-22-10-14-26-51(43)63/h3-35H,1-2H3. The molecule has 7 nitrogen and oxygen atoms in total. The van der Waals surface area contributed by atoms with E-state index in [2.05, 4.69) is 202 Å². The van der Waals surface area contributed by atoms with Gasteiger partial charge in [-0.25, -0.2) is 24.9 Å². The zero-order valence-corrected chi connectivity index (χ0v) is 35.2. The molecule has 4 heterocycles. The number of para-hydroxylation sites is 4. The van der Waals surface area contributed by atoms with Crippen molar-refractivity contribution in [1.82, 2.24) is 34.1 Å². The fourth-order valence-corrected chi connectivity index (χ4v) is 9.37. The minimum absolute atomic E-state index is 0.646. The van der Waals surface area contributed by atoms with Crippen LogP contribution in [0.5, 0.6) is 0 Å². The van der Waals surface area contributed by atoms with Gasteiger partial charge >= 0.3 is 0 Å². The number of aromatic nitrogens is 7. The minimum atomic E-state index is 0.646. The molecular weight excluding hydrogens is 783 g/mol. The number of nitrogens with zero attached hydrogens (tertiary/aromatic N) is 7. The molecule has 0 radical (unpaired) electrons. The SMILES string of the molecule is Cc1nc(C)nc(-c2ccc3c(c2)c2ccccc2n3-c2cc(-c3nc(-c4ccccc4)cc(-c4ccccc4)n3)ccc2-c2ccccc2-n2c3ccccc3c3ccccc32)n1. The Morgan fingerprint density at radius 2 is 0.734 bits per heavy atom. The van der Waals surface area contributed by atoms with Crippen molar-refractivity contribution in [1.29, 1.82) is 0 Å². The van der Waals surface area contributed by atoms with Gasteiger partial charge in [-0.05, 0) is 68.4 Å². The van der Waals surface area contributed by atoms with Gasteiger partial charge in [-0.3, -0.25) is 0 Å². The predicted molar refractivity (Wildman–Crippen MR) is 261 cm³/mol.